The third kappa shape index (κ3) is 3.17. The maximum Gasteiger partial charge on any atom is 0.217 e. The summed E-state index contributed by atoms with van der Waals surface area (Å²) in [5.41, 5.74) is 2.28. The van der Waals surface area contributed by atoms with Crippen LogP contribution in [-0.2, 0) is 11.3 Å². The number of hydrogen-bond donors (Lipinski definition) is 0. The van der Waals surface area contributed by atoms with Gasteiger partial charge in [-0.3, -0.25) is 0 Å². The summed E-state index contributed by atoms with van der Waals surface area (Å²) in [5.74, 6) is 2.21. The zero-order chi connectivity index (χ0) is 17.1. The van der Waals surface area contributed by atoms with E-state index >= 15 is 0 Å². The molecule has 0 unspecified atom stereocenters. The number of hydrogen-bond acceptors (Lipinski definition) is 5. The molecular weight excluding hydrogens is 316 g/mol. The monoisotopic (exact) mass is 338 g/mol. The maximum atomic E-state index is 5.49. The maximum absolute atomic E-state index is 5.49. The third-order valence-electron chi connectivity index (χ3n) is 4.35. The van der Waals surface area contributed by atoms with Gasteiger partial charge in [-0.2, -0.15) is 0 Å². The van der Waals surface area contributed by atoms with Crippen molar-refractivity contribution in [3.05, 3.63) is 42.7 Å². The second-order valence-electron chi connectivity index (χ2n) is 6.08. The molecule has 1 aromatic carbocycles. The lowest BCUT2D eigenvalue weighted by Gasteiger charge is -2.30. The molecule has 1 aliphatic heterocycles. The Morgan fingerprint density at radius 2 is 1.92 bits per heavy atom. The zero-order valence-corrected chi connectivity index (χ0v) is 14.4. The Bertz CT molecular complexity index is 820. The molecule has 6 nitrogen and oxygen atoms in total. The number of rotatable bonds is 5. The lowest BCUT2D eigenvalue weighted by atomic mass is 10.1. The van der Waals surface area contributed by atoms with Gasteiger partial charge in [-0.05, 0) is 30.7 Å². The van der Waals surface area contributed by atoms with Gasteiger partial charge in [-0.15, -0.1) is 5.10 Å². The fraction of sp³-hybridized carbons (Fsp3) is 0.368. The molecule has 2 aromatic heterocycles. The van der Waals surface area contributed by atoms with Crippen LogP contribution in [0.4, 0.5) is 5.69 Å². The predicted molar refractivity (Wildman–Crippen MR) is 96.5 cm³/mol. The summed E-state index contributed by atoms with van der Waals surface area (Å²) < 4.78 is 13.0. The van der Waals surface area contributed by atoms with Crippen LogP contribution in [0.2, 0.25) is 0 Å². The van der Waals surface area contributed by atoms with E-state index in [2.05, 4.69) is 41.2 Å². The van der Waals surface area contributed by atoms with Crippen molar-refractivity contribution in [2.75, 3.05) is 31.2 Å². The number of aryl methyl sites for hydroxylation is 1. The molecule has 3 aromatic rings. The van der Waals surface area contributed by atoms with Crippen molar-refractivity contribution in [2.24, 2.45) is 0 Å². The molecule has 3 heterocycles. The van der Waals surface area contributed by atoms with Gasteiger partial charge in [0.1, 0.15) is 0 Å². The van der Waals surface area contributed by atoms with Crippen molar-refractivity contribution in [3.63, 3.8) is 0 Å². The zero-order valence-electron chi connectivity index (χ0n) is 14.4. The summed E-state index contributed by atoms with van der Waals surface area (Å²) in [6.07, 6.45) is 2.64. The molecule has 1 saturated heterocycles. The van der Waals surface area contributed by atoms with Crippen molar-refractivity contribution < 1.29 is 9.15 Å². The standard InChI is InChI=1S/C19H22N4O2/c1-2-9-23-19(20-18(21-23)17-8-5-12-25-17)15-6-3-4-7-16(15)22-10-13-24-14-11-22/h3-8,12H,2,9-11,13-14H2,1H3. The van der Waals surface area contributed by atoms with Crippen LogP contribution in [0.15, 0.2) is 47.1 Å². The predicted octanol–water partition coefficient (Wildman–Crippen LogP) is 3.45. The smallest absolute Gasteiger partial charge is 0.217 e. The minimum atomic E-state index is 0.630. The lowest BCUT2D eigenvalue weighted by Crippen LogP contribution is -2.36. The first-order valence-corrected chi connectivity index (χ1v) is 8.77. The van der Waals surface area contributed by atoms with Gasteiger partial charge in [0.25, 0.3) is 0 Å². The van der Waals surface area contributed by atoms with Gasteiger partial charge in [0.2, 0.25) is 5.82 Å². The van der Waals surface area contributed by atoms with E-state index < -0.39 is 0 Å². The van der Waals surface area contributed by atoms with Crippen LogP contribution < -0.4 is 4.90 Å². The normalized spacial score (nSPS) is 14.8. The van der Waals surface area contributed by atoms with Gasteiger partial charge >= 0.3 is 0 Å². The van der Waals surface area contributed by atoms with E-state index in [-0.39, 0.29) is 0 Å². The number of morpholine rings is 1. The number of aromatic nitrogens is 3. The molecule has 0 saturated carbocycles. The highest BCUT2D eigenvalue weighted by Crippen LogP contribution is 2.31. The minimum absolute atomic E-state index is 0.630. The Hall–Kier alpha value is -2.60. The Balaban J connectivity index is 1.78. The Kier molecular flexibility index (Phi) is 4.52. The second kappa shape index (κ2) is 7.11. The molecule has 0 spiro atoms. The average Bonchev–Trinajstić information content (AvgIpc) is 3.32. The Labute approximate surface area is 147 Å². The molecule has 0 aliphatic carbocycles. The summed E-state index contributed by atoms with van der Waals surface area (Å²) >= 11 is 0. The van der Waals surface area contributed by atoms with Crippen LogP contribution in [0.5, 0.6) is 0 Å². The van der Waals surface area contributed by atoms with Gasteiger partial charge in [0.15, 0.2) is 11.6 Å². The highest BCUT2D eigenvalue weighted by atomic mass is 16.5. The highest BCUT2D eigenvalue weighted by Gasteiger charge is 2.20. The molecule has 0 radical (unpaired) electrons. The van der Waals surface area contributed by atoms with Crippen molar-refractivity contribution in [1.29, 1.82) is 0 Å². The van der Waals surface area contributed by atoms with Gasteiger partial charge in [0.05, 0.1) is 19.5 Å². The van der Waals surface area contributed by atoms with Gasteiger partial charge < -0.3 is 14.1 Å². The van der Waals surface area contributed by atoms with Crippen LogP contribution in [-0.4, -0.2) is 41.1 Å². The summed E-state index contributed by atoms with van der Waals surface area (Å²) in [7, 11) is 0. The summed E-state index contributed by atoms with van der Waals surface area (Å²) in [6.45, 7) is 6.27. The van der Waals surface area contributed by atoms with Crippen molar-refractivity contribution in [2.45, 2.75) is 19.9 Å². The van der Waals surface area contributed by atoms with Crippen molar-refractivity contribution in [3.8, 4) is 23.0 Å². The average molecular weight is 338 g/mol. The number of nitrogens with zero attached hydrogens (tertiary/aromatic N) is 4. The molecule has 130 valence electrons. The van der Waals surface area contributed by atoms with E-state index in [0.29, 0.717) is 11.6 Å². The molecule has 4 rings (SSSR count). The van der Waals surface area contributed by atoms with Crippen LogP contribution in [0.3, 0.4) is 0 Å². The molecule has 1 fully saturated rings. The van der Waals surface area contributed by atoms with E-state index in [0.717, 1.165) is 50.7 Å². The van der Waals surface area contributed by atoms with Gasteiger partial charge in [-0.25, -0.2) is 9.67 Å². The number of ether oxygens (including phenoxy) is 1. The Morgan fingerprint density at radius 1 is 1.08 bits per heavy atom. The van der Waals surface area contributed by atoms with E-state index in [4.69, 9.17) is 14.1 Å². The number of anilines is 1. The van der Waals surface area contributed by atoms with Gasteiger partial charge in [-0.1, -0.05) is 19.1 Å². The van der Waals surface area contributed by atoms with E-state index in [1.54, 1.807) is 6.26 Å². The number of benzene rings is 1. The molecule has 1 aliphatic rings. The minimum Gasteiger partial charge on any atom is -0.461 e. The van der Waals surface area contributed by atoms with E-state index in [9.17, 15) is 0 Å². The first-order valence-electron chi connectivity index (χ1n) is 8.77. The summed E-state index contributed by atoms with van der Waals surface area (Å²) in [6, 6.07) is 12.1. The van der Waals surface area contributed by atoms with Gasteiger partial charge in [0, 0.05) is 30.9 Å². The fourth-order valence-electron chi connectivity index (χ4n) is 3.16. The number of furan rings is 1. The molecule has 0 N–H and O–H groups in total. The molecule has 0 amide bonds. The van der Waals surface area contributed by atoms with Crippen molar-refractivity contribution >= 4 is 5.69 Å². The molecule has 0 bridgehead atoms. The first kappa shape index (κ1) is 15.9. The van der Waals surface area contributed by atoms with Crippen LogP contribution in [0.1, 0.15) is 13.3 Å². The first-order chi connectivity index (χ1) is 12.4. The van der Waals surface area contributed by atoms with Crippen LogP contribution >= 0.6 is 0 Å². The van der Waals surface area contributed by atoms with Crippen molar-refractivity contribution in [1.82, 2.24) is 14.8 Å². The van der Waals surface area contributed by atoms with Crippen LogP contribution in [0, 0.1) is 0 Å². The topological polar surface area (TPSA) is 56.3 Å². The molecule has 6 heteroatoms. The fourth-order valence-corrected chi connectivity index (χ4v) is 3.16. The number of para-hydroxylation sites is 1. The summed E-state index contributed by atoms with van der Waals surface area (Å²) in [4.78, 5) is 7.15. The van der Waals surface area contributed by atoms with Crippen LogP contribution in [0.25, 0.3) is 23.0 Å². The Morgan fingerprint density at radius 3 is 2.68 bits per heavy atom. The molecular formula is C19H22N4O2. The highest BCUT2D eigenvalue weighted by molar-refractivity contribution is 5.75. The molecule has 25 heavy (non-hydrogen) atoms. The van der Waals surface area contributed by atoms with E-state index in [1.807, 2.05) is 16.8 Å². The van der Waals surface area contributed by atoms with E-state index in [1.165, 1.54) is 5.69 Å². The second-order valence-corrected chi connectivity index (χ2v) is 6.08. The largest absolute Gasteiger partial charge is 0.461 e. The third-order valence-corrected chi connectivity index (χ3v) is 4.35. The SMILES string of the molecule is CCCn1nc(-c2ccco2)nc1-c1ccccc1N1CCOCC1. The quantitative estimate of drug-likeness (QED) is 0.713. The summed E-state index contributed by atoms with van der Waals surface area (Å²) in [5, 5.41) is 4.67. The molecule has 0 atom stereocenters. The lowest BCUT2D eigenvalue weighted by molar-refractivity contribution is 0.123.